The second-order valence-electron chi connectivity index (χ2n) is 5.18. The van der Waals surface area contributed by atoms with E-state index >= 15 is 0 Å². The van der Waals surface area contributed by atoms with Gasteiger partial charge in [0, 0.05) is 25.4 Å². The molecule has 6 heteroatoms. The van der Waals surface area contributed by atoms with Crippen LogP contribution in [0.5, 0.6) is 5.88 Å². The predicted molar refractivity (Wildman–Crippen MR) is 77.7 cm³/mol. The average molecular weight is 301 g/mol. The quantitative estimate of drug-likeness (QED) is 0.864. The van der Waals surface area contributed by atoms with Gasteiger partial charge in [-0.2, -0.15) is 0 Å². The Morgan fingerprint density at radius 3 is 3.00 bits per heavy atom. The lowest BCUT2D eigenvalue weighted by molar-refractivity contribution is -0.129. The van der Waals surface area contributed by atoms with E-state index in [1.54, 1.807) is 41.7 Å². The molecule has 1 amide bonds. The van der Waals surface area contributed by atoms with Crippen LogP contribution in [0.15, 0.2) is 42.9 Å². The molecular formula is C16H16FN3O2. The Kier molecular flexibility index (Phi) is 4.27. The first-order valence-corrected chi connectivity index (χ1v) is 7.16. The van der Waals surface area contributed by atoms with E-state index in [4.69, 9.17) is 4.74 Å². The summed E-state index contributed by atoms with van der Waals surface area (Å²) in [7, 11) is 0. The van der Waals surface area contributed by atoms with Gasteiger partial charge in [-0.3, -0.25) is 9.78 Å². The summed E-state index contributed by atoms with van der Waals surface area (Å²) >= 11 is 0. The highest BCUT2D eigenvalue weighted by atomic mass is 19.1. The molecule has 1 aliphatic heterocycles. The molecule has 0 bridgehead atoms. The fourth-order valence-corrected chi connectivity index (χ4v) is 2.48. The highest BCUT2D eigenvalue weighted by Crippen LogP contribution is 2.17. The van der Waals surface area contributed by atoms with Crippen molar-refractivity contribution in [1.82, 2.24) is 14.9 Å². The molecule has 1 aromatic heterocycles. The number of hydrogen-bond donors (Lipinski definition) is 0. The van der Waals surface area contributed by atoms with E-state index in [0.717, 1.165) is 6.42 Å². The lowest BCUT2D eigenvalue weighted by Crippen LogP contribution is -2.32. The molecule has 0 N–H and O–H groups in total. The van der Waals surface area contributed by atoms with Crippen LogP contribution in [0.1, 0.15) is 12.0 Å². The Hall–Kier alpha value is -2.50. The maximum Gasteiger partial charge on any atom is 0.232 e. The first-order chi connectivity index (χ1) is 10.7. The largest absolute Gasteiger partial charge is 0.471 e. The van der Waals surface area contributed by atoms with Crippen LogP contribution in [0.25, 0.3) is 0 Å². The lowest BCUT2D eigenvalue weighted by Gasteiger charge is -2.17. The fraction of sp³-hybridized carbons (Fsp3) is 0.312. The maximum atomic E-state index is 13.6. The molecule has 0 saturated carbocycles. The highest BCUT2D eigenvalue weighted by Gasteiger charge is 2.28. The summed E-state index contributed by atoms with van der Waals surface area (Å²) in [6.07, 6.45) is 5.40. The number of amides is 1. The SMILES string of the molecule is O=C(Cc1ccccc1F)N1CCC(Oc2cnccn2)C1. The van der Waals surface area contributed by atoms with Crippen LogP contribution in [0.4, 0.5) is 4.39 Å². The van der Waals surface area contributed by atoms with E-state index in [0.29, 0.717) is 24.5 Å². The molecule has 0 aliphatic carbocycles. The normalized spacial score (nSPS) is 17.5. The zero-order chi connectivity index (χ0) is 15.4. The minimum Gasteiger partial charge on any atom is -0.471 e. The summed E-state index contributed by atoms with van der Waals surface area (Å²) < 4.78 is 19.3. The Labute approximate surface area is 127 Å². The van der Waals surface area contributed by atoms with Gasteiger partial charge in [-0.25, -0.2) is 9.37 Å². The van der Waals surface area contributed by atoms with Crippen molar-refractivity contribution in [2.45, 2.75) is 18.9 Å². The van der Waals surface area contributed by atoms with Crippen molar-refractivity contribution in [3.63, 3.8) is 0 Å². The number of ether oxygens (including phenoxy) is 1. The lowest BCUT2D eigenvalue weighted by atomic mass is 10.1. The molecular weight excluding hydrogens is 285 g/mol. The molecule has 0 radical (unpaired) electrons. The third-order valence-corrected chi connectivity index (χ3v) is 3.62. The summed E-state index contributed by atoms with van der Waals surface area (Å²) in [6, 6.07) is 6.35. The number of carbonyl (C=O) groups is 1. The summed E-state index contributed by atoms with van der Waals surface area (Å²) in [5.74, 6) is 0.0219. The Balaban J connectivity index is 1.56. The minimum atomic E-state index is -0.345. The van der Waals surface area contributed by atoms with Crippen LogP contribution < -0.4 is 4.74 Å². The second-order valence-corrected chi connectivity index (χ2v) is 5.18. The van der Waals surface area contributed by atoms with Gasteiger partial charge in [0.1, 0.15) is 11.9 Å². The van der Waals surface area contributed by atoms with Gasteiger partial charge in [-0.15, -0.1) is 0 Å². The topological polar surface area (TPSA) is 55.3 Å². The monoisotopic (exact) mass is 301 g/mol. The fourth-order valence-electron chi connectivity index (χ4n) is 2.48. The third kappa shape index (κ3) is 3.39. The number of carbonyl (C=O) groups excluding carboxylic acids is 1. The van der Waals surface area contributed by atoms with Crippen molar-refractivity contribution in [3.8, 4) is 5.88 Å². The van der Waals surface area contributed by atoms with Crippen molar-refractivity contribution in [3.05, 3.63) is 54.2 Å². The van der Waals surface area contributed by atoms with E-state index in [1.165, 1.54) is 6.07 Å². The van der Waals surface area contributed by atoms with Gasteiger partial charge < -0.3 is 9.64 Å². The van der Waals surface area contributed by atoms with Crippen molar-refractivity contribution in [1.29, 1.82) is 0 Å². The smallest absolute Gasteiger partial charge is 0.232 e. The number of hydrogen-bond acceptors (Lipinski definition) is 4. The van der Waals surface area contributed by atoms with Crippen LogP contribution in [0.2, 0.25) is 0 Å². The van der Waals surface area contributed by atoms with Crippen molar-refractivity contribution in [2.24, 2.45) is 0 Å². The van der Waals surface area contributed by atoms with Crippen LogP contribution in [0.3, 0.4) is 0 Å². The van der Waals surface area contributed by atoms with Crippen LogP contribution in [0, 0.1) is 5.82 Å². The van der Waals surface area contributed by atoms with E-state index in [2.05, 4.69) is 9.97 Å². The molecule has 114 valence electrons. The van der Waals surface area contributed by atoms with Crippen molar-refractivity contribution < 1.29 is 13.9 Å². The molecule has 0 spiro atoms. The molecule has 22 heavy (non-hydrogen) atoms. The molecule has 2 aromatic rings. The first-order valence-electron chi connectivity index (χ1n) is 7.16. The van der Waals surface area contributed by atoms with E-state index < -0.39 is 0 Å². The zero-order valence-electron chi connectivity index (χ0n) is 12.0. The highest BCUT2D eigenvalue weighted by molar-refractivity contribution is 5.79. The van der Waals surface area contributed by atoms with E-state index in [9.17, 15) is 9.18 Å². The van der Waals surface area contributed by atoms with E-state index in [-0.39, 0.29) is 24.2 Å². The third-order valence-electron chi connectivity index (χ3n) is 3.62. The Morgan fingerprint density at radius 2 is 2.23 bits per heavy atom. The molecule has 1 atom stereocenters. The Morgan fingerprint density at radius 1 is 1.36 bits per heavy atom. The van der Waals surface area contributed by atoms with Gasteiger partial charge in [0.2, 0.25) is 11.8 Å². The van der Waals surface area contributed by atoms with Gasteiger partial charge >= 0.3 is 0 Å². The molecule has 1 fully saturated rings. The number of nitrogens with zero attached hydrogens (tertiary/aromatic N) is 3. The van der Waals surface area contributed by atoms with Gasteiger partial charge in [0.25, 0.3) is 0 Å². The summed E-state index contributed by atoms with van der Waals surface area (Å²) in [6.45, 7) is 1.10. The number of aromatic nitrogens is 2. The molecule has 1 saturated heterocycles. The predicted octanol–water partition coefficient (Wildman–Crippen LogP) is 1.84. The first kappa shape index (κ1) is 14.4. The number of benzene rings is 1. The number of likely N-dealkylation sites (tertiary alicyclic amines) is 1. The molecule has 1 aliphatic rings. The summed E-state index contributed by atoms with van der Waals surface area (Å²) in [5.41, 5.74) is 0.422. The molecule has 1 unspecified atom stereocenters. The minimum absolute atomic E-state index is 0.0739. The van der Waals surface area contributed by atoms with Gasteiger partial charge in [-0.1, -0.05) is 18.2 Å². The molecule has 1 aromatic carbocycles. The molecule has 5 nitrogen and oxygen atoms in total. The van der Waals surface area contributed by atoms with Crippen molar-refractivity contribution >= 4 is 5.91 Å². The second kappa shape index (κ2) is 6.51. The number of halogens is 1. The van der Waals surface area contributed by atoms with Crippen molar-refractivity contribution in [2.75, 3.05) is 13.1 Å². The molecule has 2 heterocycles. The maximum absolute atomic E-state index is 13.6. The summed E-state index contributed by atoms with van der Waals surface area (Å²) in [4.78, 5) is 21.9. The van der Waals surface area contributed by atoms with Crippen LogP contribution in [-0.4, -0.2) is 40.0 Å². The standard InChI is InChI=1S/C16H16FN3O2/c17-14-4-2-1-3-12(14)9-16(21)20-8-5-13(11-20)22-15-10-18-6-7-19-15/h1-4,6-7,10,13H,5,8-9,11H2. The number of rotatable bonds is 4. The van der Waals surface area contributed by atoms with Crippen LogP contribution >= 0.6 is 0 Å². The average Bonchev–Trinajstić information content (AvgIpc) is 2.99. The van der Waals surface area contributed by atoms with Gasteiger partial charge in [-0.05, 0) is 11.6 Å². The zero-order valence-corrected chi connectivity index (χ0v) is 12.0. The van der Waals surface area contributed by atoms with Gasteiger partial charge in [0.05, 0.1) is 19.2 Å². The van der Waals surface area contributed by atoms with Crippen LogP contribution in [-0.2, 0) is 11.2 Å². The van der Waals surface area contributed by atoms with E-state index in [1.807, 2.05) is 0 Å². The molecule has 3 rings (SSSR count). The Bertz CT molecular complexity index is 651. The summed E-state index contributed by atoms with van der Waals surface area (Å²) in [5, 5.41) is 0. The van der Waals surface area contributed by atoms with Gasteiger partial charge in [0.15, 0.2) is 0 Å².